The Morgan fingerprint density at radius 1 is 1.00 bits per heavy atom. The van der Waals surface area contributed by atoms with Crippen molar-refractivity contribution in [1.29, 1.82) is 0 Å². The van der Waals surface area contributed by atoms with Crippen molar-refractivity contribution in [1.82, 2.24) is 5.32 Å². The second-order valence-electron chi connectivity index (χ2n) is 7.17. The quantitative estimate of drug-likeness (QED) is 0.787. The molecule has 0 radical (unpaired) electrons. The molecule has 0 spiro atoms. The van der Waals surface area contributed by atoms with Crippen molar-refractivity contribution >= 4 is 21.6 Å². The molecule has 1 fully saturated rings. The molecular formula is C21H26N2O3S. The lowest BCUT2D eigenvalue weighted by Crippen LogP contribution is -2.23. The van der Waals surface area contributed by atoms with E-state index in [0.717, 1.165) is 11.8 Å². The molecule has 2 N–H and O–H groups in total. The van der Waals surface area contributed by atoms with Crippen LogP contribution in [0.15, 0.2) is 48.5 Å². The Balaban J connectivity index is 1.63. The number of benzene rings is 2. The van der Waals surface area contributed by atoms with Crippen LogP contribution in [0.5, 0.6) is 0 Å². The summed E-state index contributed by atoms with van der Waals surface area (Å²) in [6.45, 7) is 0.252. The van der Waals surface area contributed by atoms with E-state index in [4.69, 9.17) is 0 Å². The van der Waals surface area contributed by atoms with Gasteiger partial charge in [0.2, 0.25) is 10.0 Å². The Bertz CT molecular complexity index is 886. The summed E-state index contributed by atoms with van der Waals surface area (Å²) in [4.78, 5) is 12.5. The number of anilines is 1. The van der Waals surface area contributed by atoms with Crippen molar-refractivity contribution in [3.8, 4) is 0 Å². The van der Waals surface area contributed by atoms with Crippen LogP contribution >= 0.6 is 0 Å². The first-order valence-electron chi connectivity index (χ1n) is 9.36. The molecule has 0 aliphatic heterocycles. The minimum Gasteiger partial charge on any atom is -0.348 e. The fourth-order valence-electron chi connectivity index (χ4n) is 3.59. The van der Waals surface area contributed by atoms with Gasteiger partial charge in [-0.3, -0.25) is 9.52 Å². The molecule has 27 heavy (non-hydrogen) atoms. The van der Waals surface area contributed by atoms with E-state index >= 15 is 0 Å². The average Bonchev–Trinajstić information content (AvgIpc) is 2.67. The molecule has 0 heterocycles. The third-order valence-electron chi connectivity index (χ3n) is 5.00. The number of hydrogen-bond acceptors (Lipinski definition) is 3. The molecule has 2 aromatic carbocycles. The van der Waals surface area contributed by atoms with E-state index in [0.29, 0.717) is 17.2 Å². The maximum Gasteiger partial charge on any atom is 0.251 e. The van der Waals surface area contributed by atoms with Gasteiger partial charge < -0.3 is 5.32 Å². The minimum absolute atomic E-state index is 0.167. The summed E-state index contributed by atoms with van der Waals surface area (Å²) in [6, 6.07) is 14.9. The number of para-hydroxylation sites is 1. The molecular weight excluding hydrogens is 360 g/mol. The number of amides is 1. The van der Waals surface area contributed by atoms with E-state index in [-0.39, 0.29) is 12.5 Å². The number of sulfonamides is 1. The van der Waals surface area contributed by atoms with Gasteiger partial charge >= 0.3 is 0 Å². The van der Waals surface area contributed by atoms with Gasteiger partial charge in [0.15, 0.2) is 0 Å². The largest absolute Gasteiger partial charge is 0.348 e. The fourth-order valence-corrected chi connectivity index (χ4v) is 4.19. The number of rotatable bonds is 6. The Morgan fingerprint density at radius 3 is 2.33 bits per heavy atom. The fraction of sp³-hybridized carbons (Fsp3) is 0.381. The molecule has 1 amide bonds. The molecule has 0 aromatic heterocycles. The third kappa shape index (κ3) is 5.57. The van der Waals surface area contributed by atoms with Gasteiger partial charge in [0.25, 0.3) is 5.91 Å². The number of hydrogen-bond donors (Lipinski definition) is 2. The summed E-state index contributed by atoms with van der Waals surface area (Å²) in [5, 5.41) is 2.87. The SMILES string of the molecule is CS(=O)(=O)Nc1ccccc1CNC(=O)c1ccc(C2CCCCC2)cc1. The Hall–Kier alpha value is -2.34. The smallest absolute Gasteiger partial charge is 0.251 e. The Labute approximate surface area is 161 Å². The zero-order valence-corrected chi connectivity index (χ0v) is 16.4. The predicted molar refractivity (Wildman–Crippen MR) is 108 cm³/mol. The van der Waals surface area contributed by atoms with Gasteiger partial charge in [0.1, 0.15) is 0 Å². The van der Waals surface area contributed by atoms with E-state index in [1.165, 1.54) is 37.7 Å². The standard InChI is InChI=1S/C21H26N2O3S/c1-27(25,26)23-20-10-6-5-9-19(20)15-22-21(24)18-13-11-17(12-14-18)16-7-3-2-4-8-16/h5-6,9-14,16,23H,2-4,7-8,15H2,1H3,(H,22,24). The van der Waals surface area contributed by atoms with Gasteiger partial charge in [-0.05, 0) is 48.1 Å². The summed E-state index contributed by atoms with van der Waals surface area (Å²) in [5.74, 6) is 0.448. The van der Waals surface area contributed by atoms with Crippen LogP contribution in [0.2, 0.25) is 0 Å². The minimum atomic E-state index is -3.37. The van der Waals surface area contributed by atoms with E-state index in [2.05, 4.69) is 22.2 Å². The average molecular weight is 387 g/mol. The number of carbonyl (C=O) groups excluding carboxylic acids is 1. The highest BCUT2D eigenvalue weighted by atomic mass is 32.2. The van der Waals surface area contributed by atoms with Crippen LogP contribution in [-0.4, -0.2) is 20.6 Å². The molecule has 3 rings (SSSR count). The highest BCUT2D eigenvalue weighted by molar-refractivity contribution is 7.92. The Kier molecular flexibility index (Phi) is 6.16. The van der Waals surface area contributed by atoms with E-state index in [1.54, 1.807) is 18.2 Å². The van der Waals surface area contributed by atoms with Crippen LogP contribution in [0.1, 0.15) is 59.5 Å². The molecule has 0 atom stereocenters. The van der Waals surface area contributed by atoms with Gasteiger partial charge in [0, 0.05) is 12.1 Å². The van der Waals surface area contributed by atoms with Crippen molar-refractivity contribution in [2.75, 3.05) is 11.0 Å². The lowest BCUT2D eigenvalue weighted by Gasteiger charge is -2.22. The van der Waals surface area contributed by atoms with Gasteiger partial charge in [-0.1, -0.05) is 49.6 Å². The number of carbonyl (C=O) groups is 1. The summed E-state index contributed by atoms with van der Waals surface area (Å²) in [5.41, 5.74) is 3.13. The maximum absolute atomic E-state index is 12.5. The second kappa shape index (κ2) is 8.57. The van der Waals surface area contributed by atoms with E-state index in [9.17, 15) is 13.2 Å². The van der Waals surface area contributed by atoms with Crippen LogP contribution < -0.4 is 10.0 Å². The van der Waals surface area contributed by atoms with E-state index in [1.807, 2.05) is 18.2 Å². The summed E-state index contributed by atoms with van der Waals surface area (Å²) >= 11 is 0. The molecule has 6 heteroatoms. The maximum atomic E-state index is 12.5. The molecule has 2 aromatic rings. The Morgan fingerprint density at radius 2 is 1.67 bits per heavy atom. The summed E-state index contributed by atoms with van der Waals surface area (Å²) in [7, 11) is -3.37. The lowest BCUT2D eigenvalue weighted by atomic mass is 9.84. The van der Waals surface area contributed by atoms with Gasteiger partial charge in [0.05, 0.1) is 11.9 Å². The van der Waals surface area contributed by atoms with Crippen LogP contribution in [0.25, 0.3) is 0 Å². The van der Waals surface area contributed by atoms with Crippen molar-refractivity contribution in [2.24, 2.45) is 0 Å². The van der Waals surface area contributed by atoms with Gasteiger partial charge in [-0.25, -0.2) is 8.42 Å². The highest BCUT2D eigenvalue weighted by Crippen LogP contribution is 2.32. The van der Waals surface area contributed by atoms with Crippen molar-refractivity contribution in [3.63, 3.8) is 0 Å². The van der Waals surface area contributed by atoms with Crippen molar-refractivity contribution in [3.05, 3.63) is 65.2 Å². The predicted octanol–water partition coefficient (Wildman–Crippen LogP) is 4.04. The van der Waals surface area contributed by atoms with Crippen LogP contribution in [0, 0.1) is 0 Å². The lowest BCUT2D eigenvalue weighted by molar-refractivity contribution is 0.0951. The summed E-state index contributed by atoms with van der Waals surface area (Å²) in [6.07, 6.45) is 7.47. The van der Waals surface area contributed by atoms with E-state index < -0.39 is 10.0 Å². The van der Waals surface area contributed by atoms with Gasteiger partial charge in [-0.15, -0.1) is 0 Å². The monoisotopic (exact) mass is 386 g/mol. The van der Waals surface area contributed by atoms with Crippen LogP contribution in [0.4, 0.5) is 5.69 Å². The van der Waals surface area contributed by atoms with Crippen molar-refractivity contribution in [2.45, 2.75) is 44.6 Å². The zero-order valence-electron chi connectivity index (χ0n) is 15.6. The molecule has 144 valence electrons. The highest BCUT2D eigenvalue weighted by Gasteiger charge is 2.16. The molecule has 1 aliphatic rings. The zero-order chi connectivity index (χ0) is 19.3. The van der Waals surface area contributed by atoms with Gasteiger partial charge in [-0.2, -0.15) is 0 Å². The molecule has 0 saturated heterocycles. The number of nitrogens with one attached hydrogen (secondary N) is 2. The first kappa shape index (κ1) is 19.4. The topological polar surface area (TPSA) is 75.3 Å². The molecule has 0 bridgehead atoms. The third-order valence-corrected chi connectivity index (χ3v) is 5.59. The van der Waals surface area contributed by atoms with Crippen LogP contribution in [-0.2, 0) is 16.6 Å². The van der Waals surface area contributed by atoms with Crippen LogP contribution in [0.3, 0.4) is 0 Å². The molecule has 0 unspecified atom stereocenters. The summed E-state index contributed by atoms with van der Waals surface area (Å²) < 4.78 is 25.4. The second-order valence-corrected chi connectivity index (χ2v) is 8.92. The molecule has 1 saturated carbocycles. The molecule has 1 aliphatic carbocycles. The molecule has 5 nitrogen and oxygen atoms in total. The first-order chi connectivity index (χ1) is 12.9. The first-order valence-corrected chi connectivity index (χ1v) is 11.3. The van der Waals surface area contributed by atoms with Crippen molar-refractivity contribution < 1.29 is 13.2 Å². The normalized spacial score (nSPS) is 15.3.